The summed E-state index contributed by atoms with van der Waals surface area (Å²) in [5.41, 5.74) is 2.47. The first-order valence-corrected chi connectivity index (χ1v) is 7.40. The lowest BCUT2D eigenvalue weighted by atomic mass is 10.2. The predicted molar refractivity (Wildman–Crippen MR) is 85.7 cm³/mol. The number of amides is 1. The first kappa shape index (κ1) is 14.0. The third kappa shape index (κ3) is 3.04. The fourth-order valence-corrected chi connectivity index (χ4v) is 2.82. The van der Waals surface area contributed by atoms with Crippen LogP contribution in [0.1, 0.15) is 11.1 Å². The van der Waals surface area contributed by atoms with Crippen LogP contribution in [0.3, 0.4) is 0 Å². The van der Waals surface area contributed by atoms with Crippen molar-refractivity contribution in [1.29, 1.82) is 0 Å². The number of benzene rings is 1. The lowest BCUT2D eigenvalue weighted by Gasteiger charge is -2.02. The van der Waals surface area contributed by atoms with Crippen LogP contribution in [-0.4, -0.2) is 11.1 Å². The third-order valence-corrected chi connectivity index (χ3v) is 4.27. The molecule has 106 valence electrons. The van der Waals surface area contributed by atoms with Gasteiger partial charge in [-0.25, -0.2) is 4.99 Å². The summed E-state index contributed by atoms with van der Waals surface area (Å²) in [6.07, 6.45) is 4.90. The molecular weight excluding hydrogens is 308 g/mol. The van der Waals surface area contributed by atoms with Crippen LogP contribution in [0.4, 0.5) is 5.69 Å². The molecule has 0 atom stereocenters. The average molecular weight is 319 g/mol. The van der Waals surface area contributed by atoms with E-state index in [0.29, 0.717) is 15.1 Å². The van der Waals surface area contributed by atoms with Crippen LogP contribution in [0.5, 0.6) is 0 Å². The number of halogens is 1. The van der Waals surface area contributed by atoms with Gasteiger partial charge in [0.1, 0.15) is 0 Å². The van der Waals surface area contributed by atoms with Crippen molar-refractivity contribution in [3.05, 3.63) is 57.8 Å². The van der Waals surface area contributed by atoms with E-state index in [1.807, 2.05) is 25.1 Å². The highest BCUT2D eigenvalue weighted by atomic mass is 35.5. The molecule has 0 bridgehead atoms. The molecule has 21 heavy (non-hydrogen) atoms. The second-order valence-corrected chi connectivity index (χ2v) is 5.86. The Bertz CT molecular complexity index is 751. The fraction of sp³-hybridized carbons (Fsp3) is 0.0667. The van der Waals surface area contributed by atoms with E-state index in [2.05, 4.69) is 10.3 Å². The molecule has 0 aliphatic carbocycles. The first-order valence-electron chi connectivity index (χ1n) is 6.20. The largest absolute Gasteiger partial charge is 0.472 e. The number of rotatable bonds is 2. The lowest BCUT2D eigenvalue weighted by Crippen LogP contribution is -2.19. The number of nitrogens with zero attached hydrogens (tertiary/aromatic N) is 1. The van der Waals surface area contributed by atoms with Gasteiger partial charge in [0.05, 0.1) is 23.1 Å². The highest BCUT2D eigenvalue weighted by Gasteiger charge is 2.24. The van der Waals surface area contributed by atoms with Crippen molar-refractivity contribution >= 4 is 46.2 Å². The molecule has 0 radical (unpaired) electrons. The minimum atomic E-state index is -0.167. The van der Waals surface area contributed by atoms with Gasteiger partial charge in [0.2, 0.25) is 0 Å². The van der Waals surface area contributed by atoms with Gasteiger partial charge in [0.15, 0.2) is 5.17 Å². The van der Waals surface area contributed by atoms with E-state index in [-0.39, 0.29) is 5.91 Å². The van der Waals surface area contributed by atoms with E-state index in [1.54, 1.807) is 24.7 Å². The van der Waals surface area contributed by atoms with Crippen molar-refractivity contribution in [3.8, 4) is 0 Å². The molecule has 1 saturated heterocycles. The van der Waals surface area contributed by atoms with Gasteiger partial charge in [-0.3, -0.25) is 4.79 Å². The van der Waals surface area contributed by atoms with Crippen LogP contribution < -0.4 is 5.32 Å². The minimum Gasteiger partial charge on any atom is -0.472 e. The number of thioether (sulfide) groups is 1. The van der Waals surface area contributed by atoms with Crippen molar-refractivity contribution in [3.63, 3.8) is 0 Å². The second-order valence-electron chi connectivity index (χ2n) is 4.42. The van der Waals surface area contributed by atoms with Gasteiger partial charge in [-0.1, -0.05) is 17.7 Å². The Hall–Kier alpha value is -1.98. The van der Waals surface area contributed by atoms with Crippen molar-refractivity contribution in [2.75, 3.05) is 0 Å². The second kappa shape index (κ2) is 5.79. The molecule has 3 rings (SSSR count). The monoisotopic (exact) mass is 318 g/mol. The number of carbonyl (C=O) groups is 1. The average Bonchev–Trinajstić information content (AvgIpc) is 3.07. The predicted octanol–water partition coefficient (Wildman–Crippen LogP) is 4.13. The lowest BCUT2D eigenvalue weighted by molar-refractivity contribution is -0.115. The summed E-state index contributed by atoms with van der Waals surface area (Å²) in [5, 5.41) is 3.94. The Balaban J connectivity index is 1.87. The van der Waals surface area contributed by atoms with Crippen LogP contribution in [-0.2, 0) is 4.79 Å². The van der Waals surface area contributed by atoms with Gasteiger partial charge in [0.25, 0.3) is 5.91 Å². The molecule has 1 fully saturated rings. The molecule has 2 heterocycles. The third-order valence-electron chi connectivity index (χ3n) is 2.95. The molecule has 1 aromatic carbocycles. The van der Waals surface area contributed by atoms with Crippen LogP contribution >= 0.6 is 23.4 Å². The summed E-state index contributed by atoms with van der Waals surface area (Å²) in [5.74, 6) is -0.167. The maximum absolute atomic E-state index is 11.9. The number of furan rings is 1. The van der Waals surface area contributed by atoms with Crippen molar-refractivity contribution in [2.24, 2.45) is 4.99 Å². The Morgan fingerprint density at radius 3 is 3.00 bits per heavy atom. The molecule has 1 aliphatic heterocycles. The van der Waals surface area contributed by atoms with Crippen LogP contribution in [0.2, 0.25) is 5.02 Å². The summed E-state index contributed by atoms with van der Waals surface area (Å²) in [6.45, 7) is 1.89. The molecule has 0 spiro atoms. The van der Waals surface area contributed by atoms with Crippen molar-refractivity contribution < 1.29 is 9.21 Å². The fourth-order valence-electron chi connectivity index (χ4n) is 1.82. The van der Waals surface area contributed by atoms with Crippen LogP contribution in [0.15, 0.2) is 51.1 Å². The van der Waals surface area contributed by atoms with Crippen molar-refractivity contribution in [2.45, 2.75) is 6.92 Å². The SMILES string of the molecule is Cc1c(Cl)cccc1N=C1NC(=O)/C(=C\c2ccoc2)S1. The molecule has 1 aromatic heterocycles. The standard InChI is InChI=1S/C15H11ClN2O2S/c1-9-11(16)3-2-4-12(9)17-15-18-14(19)13(21-15)7-10-5-6-20-8-10/h2-8H,1H3,(H,17,18,19)/b13-7+. The van der Waals surface area contributed by atoms with Gasteiger partial charge in [-0.2, -0.15) is 0 Å². The molecule has 1 N–H and O–H groups in total. The van der Waals surface area contributed by atoms with Crippen LogP contribution in [0.25, 0.3) is 6.08 Å². The number of hydrogen-bond acceptors (Lipinski definition) is 4. The molecule has 4 nitrogen and oxygen atoms in total. The maximum Gasteiger partial charge on any atom is 0.264 e. The molecule has 0 unspecified atom stereocenters. The topological polar surface area (TPSA) is 54.6 Å². The van der Waals surface area contributed by atoms with Gasteiger partial charge in [0, 0.05) is 10.6 Å². The molecule has 6 heteroatoms. The number of carbonyl (C=O) groups excluding carboxylic acids is 1. The zero-order chi connectivity index (χ0) is 14.8. The zero-order valence-corrected chi connectivity index (χ0v) is 12.7. The van der Waals surface area contributed by atoms with E-state index in [4.69, 9.17) is 16.0 Å². The summed E-state index contributed by atoms with van der Waals surface area (Å²) >= 11 is 7.36. The van der Waals surface area contributed by atoms with Crippen LogP contribution in [0, 0.1) is 6.92 Å². The summed E-state index contributed by atoms with van der Waals surface area (Å²) in [4.78, 5) is 16.9. The van der Waals surface area contributed by atoms with E-state index in [1.165, 1.54) is 11.8 Å². The van der Waals surface area contributed by atoms with E-state index in [9.17, 15) is 4.79 Å². The quantitative estimate of drug-likeness (QED) is 0.847. The number of hydrogen-bond donors (Lipinski definition) is 1. The number of nitrogens with one attached hydrogen (secondary N) is 1. The Kier molecular flexibility index (Phi) is 3.86. The minimum absolute atomic E-state index is 0.167. The molecular formula is C15H11ClN2O2S. The summed E-state index contributed by atoms with van der Waals surface area (Å²) in [6, 6.07) is 7.29. The molecule has 1 amide bonds. The molecule has 1 aliphatic rings. The maximum atomic E-state index is 11.9. The van der Waals surface area contributed by atoms with Gasteiger partial charge in [-0.05, 0) is 48.5 Å². The summed E-state index contributed by atoms with van der Waals surface area (Å²) < 4.78 is 4.98. The first-order chi connectivity index (χ1) is 10.1. The smallest absolute Gasteiger partial charge is 0.264 e. The molecule has 2 aromatic rings. The van der Waals surface area contributed by atoms with Gasteiger partial charge >= 0.3 is 0 Å². The summed E-state index contributed by atoms with van der Waals surface area (Å²) in [7, 11) is 0. The van der Waals surface area contributed by atoms with E-state index < -0.39 is 0 Å². The van der Waals surface area contributed by atoms with E-state index in [0.717, 1.165) is 16.8 Å². The number of aliphatic imine (C=N–C) groups is 1. The zero-order valence-electron chi connectivity index (χ0n) is 11.1. The Morgan fingerprint density at radius 2 is 2.24 bits per heavy atom. The van der Waals surface area contributed by atoms with Crippen molar-refractivity contribution in [1.82, 2.24) is 5.32 Å². The van der Waals surface area contributed by atoms with Gasteiger partial charge < -0.3 is 9.73 Å². The highest BCUT2D eigenvalue weighted by Crippen LogP contribution is 2.31. The number of amidine groups is 1. The van der Waals surface area contributed by atoms with Gasteiger partial charge in [-0.15, -0.1) is 0 Å². The molecule has 0 saturated carbocycles. The normalized spacial score (nSPS) is 18.5. The highest BCUT2D eigenvalue weighted by molar-refractivity contribution is 8.18. The van der Waals surface area contributed by atoms with E-state index >= 15 is 0 Å². The Morgan fingerprint density at radius 1 is 1.38 bits per heavy atom. The Labute approximate surface area is 130 Å².